The number of rotatable bonds is 6. The minimum Gasteiger partial charge on any atom is -0.355 e. The topological polar surface area (TPSA) is 78.0 Å². The first-order valence-corrected chi connectivity index (χ1v) is 8.72. The molecule has 7 nitrogen and oxygen atoms in total. The second kappa shape index (κ2) is 7.51. The summed E-state index contributed by atoms with van der Waals surface area (Å²) in [6, 6.07) is 6.13. The second-order valence-corrected chi connectivity index (χ2v) is 6.45. The zero-order valence-electron chi connectivity index (χ0n) is 15.7. The molecule has 3 rings (SSSR count). The van der Waals surface area contributed by atoms with Crippen molar-refractivity contribution in [3.63, 3.8) is 0 Å². The molecule has 0 bridgehead atoms. The fourth-order valence-corrected chi connectivity index (χ4v) is 2.86. The number of amides is 1. The number of carbonyl (C=O) groups is 1. The van der Waals surface area contributed by atoms with Gasteiger partial charge in [0, 0.05) is 33.6 Å². The van der Waals surface area contributed by atoms with Gasteiger partial charge in [-0.2, -0.15) is 0 Å². The van der Waals surface area contributed by atoms with E-state index < -0.39 is 0 Å². The molecule has 3 aromatic rings. The number of aryl methyl sites for hydroxylation is 1. The number of carbonyl (C=O) groups excluding carboxylic acids is 1. The molecule has 0 atom stereocenters. The Bertz CT molecular complexity index is 917. The van der Waals surface area contributed by atoms with Crippen molar-refractivity contribution in [2.24, 2.45) is 0 Å². The van der Waals surface area contributed by atoms with Crippen LogP contribution in [0.5, 0.6) is 0 Å². The lowest BCUT2D eigenvalue weighted by Crippen LogP contribution is -2.28. The Hall–Kier alpha value is -2.96. The minimum atomic E-state index is -0.150. The van der Waals surface area contributed by atoms with Crippen LogP contribution in [0.3, 0.4) is 0 Å². The Morgan fingerprint density at radius 3 is 2.69 bits per heavy atom. The number of hydrogen-bond acceptors (Lipinski definition) is 5. The molecular formula is C19H24N6O. The molecular weight excluding hydrogens is 328 g/mol. The maximum atomic E-state index is 12.1. The van der Waals surface area contributed by atoms with Crippen molar-refractivity contribution in [2.75, 3.05) is 32.1 Å². The molecule has 0 fully saturated rings. The first kappa shape index (κ1) is 17.8. The maximum Gasteiger partial charge on any atom is 0.273 e. The van der Waals surface area contributed by atoms with Crippen LogP contribution < -0.4 is 4.90 Å². The summed E-state index contributed by atoms with van der Waals surface area (Å²) in [6.07, 6.45) is 3.95. The molecule has 136 valence electrons. The van der Waals surface area contributed by atoms with Gasteiger partial charge in [-0.3, -0.25) is 9.78 Å². The third-order valence-electron chi connectivity index (χ3n) is 4.33. The van der Waals surface area contributed by atoms with E-state index in [2.05, 4.69) is 39.8 Å². The van der Waals surface area contributed by atoms with Gasteiger partial charge in [-0.05, 0) is 25.5 Å². The van der Waals surface area contributed by atoms with Crippen LogP contribution in [0, 0.1) is 6.92 Å². The zero-order valence-corrected chi connectivity index (χ0v) is 15.7. The van der Waals surface area contributed by atoms with Gasteiger partial charge in [0.25, 0.3) is 5.91 Å². The lowest BCUT2D eigenvalue weighted by molar-refractivity contribution is 0.0821. The number of aromatic amines is 1. The van der Waals surface area contributed by atoms with Gasteiger partial charge >= 0.3 is 0 Å². The zero-order chi connectivity index (χ0) is 18.7. The van der Waals surface area contributed by atoms with E-state index in [0.717, 1.165) is 41.9 Å². The summed E-state index contributed by atoms with van der Waals surface area (Å²) in [5.74, 6) is 1.50. The number of imidazole rings is 1. The Labute approximate surface area is 153 Å². The first-order chi connectivity index (χ1) is 12.5. The number of fused-ring (bicyclic) bond motifs is 1. The number of hydrogen-bond donors (Lipinski definition) is 1. The molecule has 0 saturated heterocycles. The predicted octanol–water partition coefficient (Wildman–Crippen LogP) is 2.43. The van der Waals surface area contributed by atoms with Crippen LogP contribution in [0.25, 0.3) is 11.0 Å². The largest absolute Gasteiger partial charge is 0.355 e. The van der Waals surface area contributed by atoms with Crippen molar-refractivity contribution in [1.82, 2.24) is 24.8 Å². The van der Waals surface area contributed by atoms with Crippen molar-refractivity contribution < 1.29 is 4.79 Å². The van der Waals surface area contributed by atoms with Crippen LogP contribution >= 0.6 is 0 Å². The highest BCUT2D eigenvalue weighted by Crippen LogP contribution is 2.17. The van der Waals surface area contributed by atoms with Crippen LogP contribution in [0.15, 0.2) is 30.6 Å². The Kier molecular flexibility index (Phi) is 5.16. The van der Waals surface area contributed by atoms with Crippen LogP contribution in [0.4, 0.5) is 5.82 Å². The monoisotopic (exact) mass is 352 g/mol. The normalized spacial score (nSPS) is 10.9. The maximum absolute atomic E-state index is 12.1. The van der Waals surface area contributed by atoms with Gasteiger partial charge in [0.15, 0.2) is 0 Å². The predicted molar refractivity (Wildman–Crippen MR) is 102 cm³/mol. The summed E-state index contributed by atoms with van der Waals surface area (Å²) in [5, 5.41) is 0. The molecule has 26 heavy (non-hydrogen) atoms. The number of nitrogens with one attached hydrogen (secondary N) is 1. The van der Waals surface area contributed by atoms with Crippen LogP contribution in [0.1, 0.15) is 28.8 Å². The van der Waals surface area contributed by atoms with E-state index in [1.54, 1.807) is 20.3 Å². The van der Waals surface area contributed by atoms with E-state index >= 15 is 0 Å². The average molecular weight is 352 g/mol. The highest BCUT2D eigenvalue weighted by Gasteiger charge is 2.14. The molecule has 0 saturated carbocycles. The van der Waals surface area contributed by atoms with Gasteiger partial charge < -0.3 is 14.8 Å². The molecule has 0 aliphatic carbocycles. The average Bonchev–Trinajstić information content (AvgIpc) is 3.06. The van der Waals surface area contributed by atoms with Crippen molar-refractivity contribution in [1.29, 1.82) is 0 Å². The summed E-state index contributed by atoms with van der Waals surface area (Å²) in [4.78, 5) is 32.4. The van der Waals surface area contributed by atoms with E-state index in [-0.39, 0.29) is 5.91 Å². The lowest BCUT2D eigenvalue weighted by atomic mass is 10.2. The SMILES string of the molecule is CCN(CCc1nc2c(C)cccc2[nH]1)c1cncc(C(=O)N(C)C)n1. The highest BCUT2D eigenvalue weighted by molar-refractivity contribution is 5.91. The molecule has 0 aliphatic heterocycles. The third-order valence-corrected chi connectivity index (χ3v) is 4.33. The first-order valence-electron chi connectivity index (χ1n) is 8.72. The molecule has 7 heteroatoms. The van der Waals surface area contributed by atoms with Gasteiger partial charge in [0.05, 0.1) is 23.4 Å². The highest BCUT2D eigenvalue weighted by atomic mass is 16.2. The number of benzene rings is 1. The number of H-pyrrole nitrogens is 1. The summed E-state index contributed by atoms with van der Waals surface area (Å²) < 4.78 is 0. The molecule has 1 aromatic carbocycles. The third kappa shape index (κ3) is 3.66. The number of likely N-dealkylation sites (N-methyl/N-ethyl adjacent to an activating group) is 1. The van der Waals surface area contributed by atoms with Gasteiger partial charge in [0.1, 0.15) is 17.3 Å². The molecule has 2 aromatic heterocycles. The molecule has 2 heterocycles. The lowest BCUT2D eigenvalue weighted by Gasteiger charge is -2.21. The van der Waals surface area contributed by atoms with Crippen molar-refractivity contribution in [3.05, 3.63) is 47.7 Å². The van der Waals surface area contributed by atoms with Gasteiger partial charge in [-0.25, -0.2) is 9.97 Å². The Morgan fingerprint density at radius 1 is 1.19 bits per heavy atom. The van der Waals surface area contributed by atoms with Crippen LogP contribution in [0.2, 0.25) is 0 Å². The number of anilines is 1. The van der Waals surface area contributed by atoms with Gasteiger partial charge in [0.2, 0.25) is 0 Å². The summed E-state index contributed by atoms with van der Waals surface area (Å²) in [6.45, 7) is 5.64. The quantitative estimate of drug-likeness (QED) is 0.737. The van der Waals surface area contributed by atoms with Crippen molar-refractivity contribution in [3.8, 4) is 0 Å². The number of para-hydroxylation sites is 1. The molecule has 1 N–H and O–H groups in total. The summed E-state index contributed by atoms with van der Waals surface area (Å²) in [7, 11) is 3.41. The van der Waals surface area contributed by atoms with E-state index in [1.807, 2.05) is 12.1 Å². The summed E-state index contributed by atoms with van der Waals surface area (Å²) in [5.41, 5.74) is 3.59. The van der Waals surface area contributed by atoms with E-state index in [1.165, 1.54) is 11.1 Å². The van der Waals surface area contributed by atoms with Crippen molar-refractivity contribution >= 4 is 22.8 Å². The molecule has 0 unspecified atom stereocenters. The fraction of sp³-hybridized carbons (Fsp3) is 0.368. The molecule has 0 spiro atoms. The smallest absolute Gasteiger partial charge is 0.273 e. The summed E-state index contributed by atoms with van der Waals surface area (Å²) >= 11 is 0. The van der Waals surface area contributed by atoms with Crippen LogP contribution in [-0.2, 0) is 6.42 Å². The van der Waals surface area contributed by atoms with E-state index in [9.17, 15) is 4.79 Å². The fourth-order valence-electron chi connectivity index (χ4n) is 2.86. The molecule has 0 radical (unpaired) electrons. The van der Waals surface area contributed by atoms with E-state index in [0.29, 0.717) is 11.5 Å². The standard InChI is InChI=1S/C19H24N6O/c1-5-25(17-12-20-11-15(22-17)19(26)24(3)4)10-9-16-21-14-8-6-7-13(2)18(14)23-16/h6-8,11-12H,5,9-10H2,1-4H3,(H,21,23). The second-order valence-electron chi connectivity index (χ2n) is 6.45. The Morgan fingerprint density at radius 2 is 2.00 bits per heavy atom. The van der Waals surface area contributed by atoms with Gasteiger partial charge in [-0.1, -0.05) is 12.1 Å². The van der Waals surface area contributed by atoms with E-state index in [4.69, 9.17) is 4.98 Å². The van der Waals surface area contributed by atoms with Crippen LogP contribution in [-0.4, -0.2) is 57.9 Å². The number of nitrogens with zero attached hydrogens (tertiary/aromatic N) is 5. The Balaban J connectivity index is 1.76. The molecule has 1 amide bonds. The van der Waals surface area contributed by atoms with Gasteiger partial charge in [-0.15, -0.1) is 0 Å². The number of aromatic nitrogens is 4. The van der Waals surface area contributed by atoms with Crippen molar-refractivity contribution in [2.45, 2.75) is 20.3 Å². The molecule has 0 aliphatic rings. The minimum absolute atomic E-state index is 0.150.